The van der Waals surface area contributed by atoms with Crippen LogP contribution in [-0.4, -0.2) is 34.1 Å². The molecular formula is C17H19N3O4S. The highest BCUT2D eigenvalue weighted by atomic mass is 32.1. The maximum atomic E-state index is 12.5. The summed E-state index contributed by atoms with van der Waals surface area (Å²) in [5, 5.41) is 14.6. The predicted octanol–water partition coefficient (Wildman–Crippen LogP) is 2.85. The molecule has 1 aliphatic heterocycles. The topological polar surface area (TPSA) is 84.7 Å². The third kappa shape index (κ3) is 3.85. The summed E-state index contributed by atoms with van der Waals surface area (Å²) in [6.07, 6.45) is 1.67. The number of esters is 1. The summed E-state index contributed by atoms with van der Waals surface area (Å²) in [5.74, 6) is -0.486. The summed E-state index contributed by atoms with van der Waals surface area (Å²) in [6, 6.07) is 5.49. The van der Waals surface area contributed by atoms with Crippen LogP contribution in [0.25, 0.3) is 0 Å². The van der Waals surface area contributed by atoms with Gasteiger partial charge in [0.1, 0.15) is 0 Å². The third-order valence-electron chi connectivity index (χ3n) is 3.82. The number of thiocarbonyl (C=S) groups is 1. The molecule has 1 atom stereocenters. The van der Waals surface area contributed by atoms with Crippen molar-refractivity contribution >= 4 is 29.0 Å². The Balaban J connectivity index is 2.56. The average Bonchev–Trinajstić information content (AvgIpc) is 2.58. The van der Waals surface area contributed by atoms with Crippen LogP contribution in [0.1, 0.15) is 25.5 Å². The number of nitro groups is 1. The number of nitrogens with zero attached hydrogens (tertiary/aromatic N) is 2. The molecule has 0 radical (unpaired) electrons. The highest BCUT2D eigenvalue weighted by Gasteiger charge is 2.34. The van der Waals surface area contributed by atoms with E-state index in [-0.39, 0.29) is 12.3 Å². The first-order valence-electron chi connectivity index (χ1n) is 7.71. The van der Waals surface area contributed by atoms with E-state index in [1.165, 1.54) is 12.1 Å². The summed E-state index contributed by atoms with van der Waals surface area (Å²) in [6.45, 7) is 7.85. The normalized spacial score (nSPS) is 17.1. The second kappa shape index (κ2) is 7.89. The average molecular weight is 361 g/mol. The van der Waals surface area contributed by atoms with Crippen molar-refractivity contribution in [1.82, 2.24) is 10.2 Å². The third-order valence-corrected chi connectivity index (χ3v) is 4.16. The van der Waals surface area contributed by atoms with Gasteiger partial charge in [-0.15, -0.1) is 6.58 Å². The van der Waals surface area contributed by atoms with Crippen LogP contribution < -0.4 is 5.32 Å². The van der Waals surface area contributed by atoms with Crippen molar-refractivity contribution in [1.29, 1.82) is 0 Å². The van der Waals surface area contributed by atoms with Gasteiger partial charge >= 0.3 is 5.97 Å². The first-order valence-corrected chi connectivity index (χ1v) is 8.12. The molecule has 25 heavy (non-hydrogen) atoms. The SMILES string of the molecule is C=CCN1C(=S)N[C@@H](c2cccc([N+](=O)[O-])c2)C(C(=O)OCC)=C1C. The fraction of sp³-hybridized carbons (Fsp3) is 0.294. The number of rotatable bonds is 6. The minimum atomic E-state index is -0.618. The maximum absolute atomic E-state index is 12.5. The van der Waals surface area contributed by atoms with Gasteiger partial charge in [-0.3, -0.25) is 10.1 Å². The summed E-state index contributed by atoms with van der Waals surface area (Å²) in [4.78, 5) is 24.8. The summed E-state index contributed by atoms with van der Waals surface area (Å²) in [5.41, 5.74) is 1.52. The van der Waals surface area contributed by atoms with Crippen molar-refractivity contribution in [2.75, 3.05) is 13.2 Å². The van der Waals surface area contributed by atoms with Crippen molar-refractivity contribution in [2.45, 2.75) is 19.9 Å². The Morgan fingerprint density at radius 1 is 1.56 bits per heavy atom. The number of carbonyl (C=O) groups is 1. The van der Waals surface area contributed by atoms with Gasteiger partial charge in [0.25, 0.3) is 5.69 Å². The van der Waals surface area contributed by atoms with Crippen LogP contribution in [0.5, 0.6) is 0 Å². The number of nitrogens with one attached hydrogen (secondary N) is 1. The van der Waals surface area contributed by atoms with E-state index in [0.717, 1.165) is 0 Å². The molecule has 132 valence electrons. The van der Waals surface area contributed by atoms with Crippen LogP contribution in [-0.2, 0) is 9.53 Å². The van der Waals surface area contributed by atoms with E-state index in [1.54, 1.807) is 37.0 Å². The quantitative estimate of drug-likeness (QED) is 0.274. The molecule has 0 amide bonds. The highest BCUT2D eigenvalue weighted by molar-refractivity contribution is 7.80. The van der Waals surface area contributed by atoms with Crippen LogP contribution in [0.3, 0.4) is 0 Å². The van der Waals surface area contributed by atoms with E-state index in [4.69, 9.17) is 17.0 Å². The van der Waals surface area contributed by atoms with Gasteiger partial charge in [0, 0.05) is 24.4 Å². The molecule has 1 heterocycles. The largest absolute Gasteiger partial charge is 0.463 e. The molecule has 7 nitrogen and oxygen atoms in total. The summed E-state index contributed by atoms with van der Waals surface area (Å²) >= 11 is 5.38. The second-order valence-electron chi connectivity index (χ2n) is 5.35. The summed E-state index contributed by atoms with van der Waals surface area (Å²) < 4.78 is 5.18. The molecule has 0 bridgehead atoms. The van der Waals surface area contributed by atoms with Gasteiger partial charge in [0.2, 0.25) is 0 Å². The zero-order valence-electron chi connectivity index (χ0n) is 14.0. The van der Waals surface area contributed by atoms with Crippen molar-refractivity contribution in [3.05, 3.63) is 63.9 Å². The number of hydrogen-bond acceptors (Lipinski definition) is 5. The van der Waals surface area contributed by atoms with Crippen LogP contribution in [0.2, 0.25) is 0 Å². The molecule has 1 aromatic carbocycles. The van der Waals surface area contributed by atoms with E-state index in [2.05, 4.69) is 11.9 Å². The van der Waals surface area contributed by atoms with Crippen molar-refractivity contribution in [3.8, 4) is 0 Å². The first-order chi connectivity index (χ1) is 11.9. The standard InChI is InChI=1S/C17H19N3O4S/c1-4-9-19-11(3)14(16(21)24-5-2)15(18-17(19)25)12-7-6-8-13(10-12)20(22)23/h4,6-8,10,15H,1,5,9H2,2-3H3,(H,18,25)/t15-/m0/s1. The number of non-ortho nitro benzene ring substituents is 1. The Labute approximate surface area is 151 Å². The van der Waals surface area contributed by atoms with Gasteiger partial charge in [0.15, 0.2) is 5.11 Å². The van der Waals surface area contributed by atoms with E-state index >= 15 is 0 Å². The number of carbonyl (C=O) groups excluding carboxylic acids is 1. The fourth-order valence-electron chi connectivity index (χ4n) is 2.67. The molecule has 1 aromatic rings. The van der Waals surface area contributed by atoms with Crippen molar-refractivity contribution < 1.29 is 14.5 Å². The van der Waals surface area contributed by atoms with Gasteiger partial charge in [-0.2, -0.15) is 0 Å². The zero-order chi connectivity index (χ0) is 18.6. The van der Waals surface area contributed by atoms with E-state index in [9.17, 15) is 14.9 Å². The lowest BCUT2D eigenvalue weighted by atomic mass is 9.94. The highest BCUT2D eigenvalue weighted by Crippen LogP contribution is 2.32. The van der Waals surface area contributed by atoms with E-state index in [1.807, 2.05) is 0 Å². The molecule has 0 spiro atoms. The lowest BCUT2D eigenvalue weighted by Gasteiger charge is -2.37. The molecule has 8 heteroatoms. The minimum Gasteiger partial charge on any atom is -0.463 e. The molecule has 0 fully saturated rings. The number of ether oxygens (including phenoxy) is 1. The molecule has 0 aliphatic carbocycles. The first kappa shape index (κ1) is 18.6. The number of allylic oxidation sites excluding steroid dienone is 1. The smallest absolute Gasteiger partial charge is 0.338 e. The number of benzene rings is 1. The van der Waals surface area contributed by atoms with E-state index in [0.29, 0.717) is 28.5 Å². The lowest BCUT2D eigenvalue weighted by Crippen LogP contribution is -2.47. The van der Waals surface area contributed by atoms with E-state index < -0.39 is 16.9 Å². The monoisotopic (exact) mass is 361 g/mol. The van der Waals surface area contributed by atoms with Gasteiger partial charge < -0.3 is 15.0 Å². The Morgan fingerprint density at radius 3 is 2.88 bits per heavy atom. The Morgan fingerprint density at radius 2 is 2.28 bits per heavy atom. The Bertz CT molecular complexity index is 760. The number of nitro benzene ring substituents is 1. The van der Waals surface area contributed by atoms with Crippen LogP contribution >= 0.6 is 12.2 Å². The molecular weight excluding hydrogens is 342 g/mol. The molecule has 0 saturated heterocycles. The van der Waals surface area contributed by atoms with Crippen molar-refractivity contribution in [2.24, 2.45) is 0 Å². The van der Waals surface area contributed by atoms with Crippen LogP contribution in [0.4, 0.5) is 5.69 Å². The molecule has 0 unspecified atom stereocenters. The molecule has 1 N–H and O–H groups in total. The predicted molar refractivity (Wildman–Crippen MR) is 97.8 cm³/mol. The van der Waals surface area contributed by atoms with Gasteiger partial charge in [-0.25, -0.2) is 4.79 Å². The molecule has 0 aromatic heterocycles. The van der Waals surface area contributed by atoms with Gasteiger partial charge in [-0.1, -0.05) is 18.2 Å². The van der Waals surface area contributed by atoms with Gasteiger partial charge in [-0.05, 0) is 31.6 Å². The Hall–Kier alpha value is -2.74. The number of hydrogen-bond donors (Lipinski definition) is 1. The van der Waals surface area contributed by atoms with Crippen LogP contribution in [0, 0.1) is 10.1 Å². The Kier molecular flexibility index (Phi) is 5.87. The maximum Gasteiger partial charge on any atom is 0.338 e. The second-order valence-corrected chi connectivity index (χ2v) is 5.74. The fourth-order valence-corrected chi connectivity index (χ4v) is 3.00. The zero-order valence-corrected chi connectivity index (χ0v) is 14.8. The molecule has 2 rings (SSSR count). The minimum absolute atomic E-state index is 0.0559. The summed E-state index contributed by atoms with van der Waals surface area (Å²) in [7, 11) is 0. The van der Waals surface area contributed by atoms with Crippen LogP contribution in [0.15, 0.2) is 48.2 Å². The van der Waals surface area contributed by atoms with Crippen molar-refractivity contribution in [3.63, 3.8) is 0 Å². The van der Waals surface area contributed by atoms with Gasteiger partial charge in [0.05, 0.1) is 23.1 Å². The lowest BCUT2D eigenvalue weighted by molar-refractivity contribution is -0.384. The molecule has 1 aliphatic rings. The molecule has 0 saturated carbocycles.